The van der Waals surface area contributed by atoms with Crippen LogP contribution in [0, 0.1) is 0 Å². The molecule has 0 aliphatic rings. The van der Waals surface area contributed by atoms with E-state index in [1.54, 1.807) is 17.8 Å². The number of nitrogens with one attached hydrogen (secondary N) is 1. The third-order valence-corrected chi connectivity index (χ3v) is 4.17. The van der Waals surface area contributed by atoms with Crippen LogP contribution in [-0.4, -0.2) is 6.26 Å². The number of anilines is 1. The van der Waals surface area contributed by atoms with Gasteiger partial charge in [0.2, 0.25) is 0 Å². The standard InChI is InChI=1S/C15H15Cl2NS/c1-10(14-7-6-11(16)8-15(14)17)18-12-4-3-5-13(9-12)19-2/h3-10,18H,1-2H3. The van der Waals surface area contributed by atoms with Gasteiger partial charge in [0, 0.05) is 26.7 Å². The van der Waals surface area contributed by atoms with Crippen molar-refractivity contribution in [2.45, 2.75) is 17.9 Å². The molecule has 0 amide bonds. The van der Waals surface area contributed by atoms with Gasteiger partial charge in [-0.2, -0.15) is 0 Å². The Labute approximate surface area is 128 Å². The molecule has 1 N–H and O–H groups in total. The molecule has 0 saturated heterocycles. The smallest absolute Gasteiger partial charge is 0.0500 e. The van der Waals surface area contributed by atoms with Gasteiger partial charge in [0.15, 0.2) is 0 Å². The second-order valence-electron chi connectivity index (χ2n) is 4.26. The van der Waals surface area contributed by atoms with Crippen molar-refractivity contribution in [3.63, 3.8) is 0 Å². The first-order valence-corrected chi connectivity index (χ1v) is 7.94. The summed E-state index contributed by atoms with van der Waals surface area (Å²) in [6.45, 7) is 2.08. The number of hydrogen-bond donors (Lipinski definition) is 1. The van der Waals surface area contributed by atoms with Crippen LogP contribution in [0.1, 0.15) is 18.5 Å². The van der Waals surface area contributed by atoms with Crippen LogP contribution in [0.2, 0.25) is 10.0 Å². The highest BCUT2D eigenvalue weighted by molar-refractivity contribution is 7.98. The molecule has 0 aromatic heterocycles. The number of hydrogen-bond acceptors (Lipinski definition) is 2. The van der Waals surface area contributed by atoms with E-state index in [0.717, 1.165) is 11.3 Å². The SMILES string of the molecule is CSc1cccc(NC(C)c2ccc(Cl)cc2Cl)c1. The summed E-state index contributed by atoms with van der Waals surface area (Å²) in [5, 5.41) is 4.80. The summed E-state index contributed by atoms with van der Waals surface area (Å²) < 4.78 is 0. The van der Waals surface area contributed by atoms with Crippen LogP contribution in [0.4, 0.5) is 5.69 Å². The summed E-state index contributed by atoms with van der Waals surface area (Å²) in [6, 6.07) is 14.0. The molecule has 2 aromatic rings. The Morgan fingerprint density at radius 1 is 1.11 bits per heavy atom. The lowest BCUT2D eigenvalue weighted by atomic mass is 10.1. The van der Waals surface area contributed by atoms with E-state index in [0.29, 0.717) is 10.0 Å². The van der Waals surface area contributed by atoms with E-state index in [2.05, 4.69) is 36.7 Å². The van der Waals surface area contributed by atoms with Crippen molar-refractivity contribution in [2.24, 2.45) is 0 Å². The Bertz CT molecular complexity index is 572. The number of halogens is 2. The maximum Gasteiger partial charge on any atom is 0.0500 e. The van der Waals surface area contributed by atoms with Crippen LogP contribution in [-0.2, 0) is 0 Å². The van der Waals surface area contributed by atoms with Gasteiger partial charge in [-0.3, -0.25) is 0 Å². The zero-order valence-corrected chi connectivity index (χ0v) is 13.1. The topological polar surface area (TPSA) is 12.0 Å². The van der Waals surface area contributed by atoms with Crippen LogP contribution in [0.25, 0.3) is 0 Å². The second-order valence-corrected chi connectivity index (χ2v) is 5.99. The summed E-state index contributed by atoms with van der Waals surface area (Å²) in [6.07, 6.45) is 2.07. The van der Waals surface area contributed by atoms with E-state index in [9.17, 15) is 0 Å². The molecular weight excluding hydrogens is 297 g/mol. The van der Waals surface area contributed by atoms with Crippen molar-refractivity contribution in [3.05, 3.63) is 58.1 Å². The Morgan fingerprint density at radius 2 is 1.89 bits per heavy atom. The van der Waals surface area contributed by atoms with Gasteiger partial charge in [-0.25, -0.2) is 0 Å². The summed E-state index contributed by atoms with van der Waals surface area (Å²) in [7, 11) is 0. The Morgan fingerprint density at radius 3 is 2.58 bits per heavy atom. The van der Waals surface area contributed by atoms with Crippen LogP contribution in [0.5, 0.6) is 0 Å². The van der Waals surface area contributed by atoms with Crippen LogP contribution in [0.3, 0.4) is 0 Å². The molecule has 0 bridgehead atoms. The van der Waals surface area contributed by atoms with E-state index in [4.69, 9.17) is 23.2 Å². The maximum atomic E-state index is 6.22. The Kier molecular flexibility index (Phi) is 5.03. The van der Waals surface area contributed by atoms with E-state index in [1.165, 1.54) is 4.90 Å². The fraction of sp³-hybridized carbons (Fsp3) is 0.200. The molecule has 0 radical (unpaired) electrons. The lowest BCUT2D eigenvalue weighted by Crippen LogP contribution is -2.07. The van der Waals surface area contributed by atoms with Crippen molar-refractivity contribution in [3.8, 4) is 0 Å². The third kappa shape index (κ3) is 3.82. The molecule has 2 aromatic carbocycles. The monoisotopic (exact) mass is 311 g/mol. The van der Waals surface area contributed by atoms with Crippen LogP contribution in [0.15, 0.2) is 47.4 Å². The fourth-order valence-electron chi connectivity index (χ4n) is 1.89. The predicted octanol–water partition coefficient (Wildman–Crippen LogP) is 5.89. The Hall–Kier alpha value is -0.830. The average Bonchev–Trinajstić information content (AvgIpc) is 2.38. The molecule has 0 aliphatic heterocycles. The highest BCUT2D eigenvalue weighted by Crippen LogP contribution is 2.29. The zero-order valence-electron chi connectivity index (χ0n) is 10.8. The van der Waals surface area contributed by atoms with E-state index in [1.807, 2.05) is 18.2 Å². The van der Waals surface area contributed by atoms with Gasteiger partial charge >= 0.3 is 0 Å². The molecule has 0 aliphatic carbocycles. The number of benzene rings is 2. The first-order chi connectivity index (χ1) is 9.10. The molecule has 1 nitrogen and oxygen atoms in total. The molecule has 100 valence electrons. The molecule has 19 heavy (non-hydrogen) atoms. The normalized spacial score (nSPS) is 12.2. The van der Waals surface area contributed by atoms with Crippen LogP contribution >= 0.6 is 35.0 Å². The summed E-state index contributed by atoms with van der Waals surface area (Å²) in [5.74, 6) is 0. The summed E-state index contributed by atoms with van der Waals surface area (Å²) in [4.78, 5) is 1.24. The molecular formula is C15H15Cl2NS. The maximum absolute atomic E-state index is 6.22. The third-order valence-electron chi connectivity index (χ3n) is 2.88. The van der Waals surface area contributed by atoms with Gasteiger partial charge < -0.3 is 5.32 Å². The molecule has 0 spiro atoms. The zero-order chi connectivity index (χ0) is 13.8. The van der Waals surface area contributed by atoms with Crippen LogP contribution < -0.4 is 5.32 Å². The molecule has 1 unspecified atom stereocenters. The van der Waals surface area contributed by atoms with E-state index >= 15 is 0 Å². The van der Waals surface area contributed by atoms with Gasteiger partial charge in [-0.15, -0.1) is 11.8 Å². The molecule has 0 heterocycles. The Balaban J connectivity index is 2.17. The molecule has 0 saturated carbocycles. The lowest BCUT2D eigenvalue weighted by Gasteiger charge is -2.17. The van der Waals surface area contributed by atoms with Crippen molar-refractivity contribution < 1.29 is 0 Å². The van der Waals surface area contributed by atoms with E-state index < -0.39 is 0 Å². The van der Waals surface area contributed by atoms with Crippen molar-refractivity contribution in [2.75, 3.05) is 11.6 Å². The van der Waals surface area contributed by atoms with Gasteiger partial charge in [0.05, 0.1) is 0 Å². The molecule has 4 heteroatoms. The quantitative estimate of drug-likeness (QED) is 0.707. The van der Waals surface area contributed by atoms with Gasteiger partial charge in [0.1, 0.15) is 0 Å². The summed E-state index contributed by atoms with van der Waals surface area (Å²) in [5.41, 5.74) is 2.13. The highest BCUT2D eigenvalue weighted by atomic mass is 35.5. The lowest BCUT2D eigenvalue weighted by molar-refractivity contribution is 0.884. The second kappa shape index (κ2) is 6.56. The highest BCUT2D eigenvalue weighted by Gasteiger charge is 2.10. The number of thioether (sulfide) groups is 1. The minimum atomic E-state index is 0.127. The molecule has 2 rings (SSSR count). The molecule has 1 atom stereocenters. The molecule has 0 fully saturated rings. The minimum absolute atomic E-state index is 0.127. The van der Waals surface area contributed by atoms with E-state index in [-0.39, 0.29) is 6.04 Å². The van der Waals surface area contributed by atoms with Crippen molar-refractivity contribution in [1.29, 1.82) is 0 Å². The summed E-state index contributed by atoms with van der Waals surface area (Å²) >= 11 is 13.9. The largest absolute Gasteiger partial charge is 0.378 e. The van der Waals surface area contributed by atoms with Crippen molar-refractivity contribution in [1.82, 2.24) is 0 Å². The van der Waals surface area contributed by atoms with Gasteiger partial charge in [0.25, 0.3) is 0 Å². The average molecular weight is 312 g/mol. The number of rotatable bonds is 4. The van der Waals surface area contributed by atoms with Gasteiger partial charge in [-0.05, 0) is 49.1 Å². The van der Waals surface area contributed by atoms with Gasteiger partial charge in [-0.1, -0.05) is 35.3 Å². The van der Waals surface area contributed by atoms with Crippen molar-refractivity contribution >= 4 is 40.7 Å². The minimum Gasteiger partial charge on any atom is -0.378 e. The predicted molar refractivity (Wildman–Crippen MR) is 86.7 cm³/mol. The fourth-order valence-corrected chi connectivity index (χ4v) is 2.92. The first-order valence-electron chi connectivity index (χ1n) is 5.95. The first kappa shape index (κ1) is 14.6.